The smallest absolute Gasteiger partial charge is 0.152 e. The molecule has 0 spiro atoms. The Labute approximate surface area is 188 Å². The molecule has 1 N–H and O–H groups in total. The van der Waals surface area contributed by atoms with E-state index in [1.54, 1.807) is 4.68 Å². The number of hydrogen-bond acceptors (Lipinski definition) is 5. The van der Waals surface area contributed by atoms with Gasteiger partial charge in [-0.05, 0) is 48.6 Å². The van der Waals surface area contributed by atoms with Crippen molar-refractivity contribution in [2.24, 2.45) is 13.0 Å². The topological polar surface area (TPSA) is 42.3 Å². The fourth-order valence-electron chi connectivity index (χ4n) is 4.48. The highest BCUT2D eigenvalue weighted by Gasteiger charge is 2.27. The Morgan fingerprint density at radius 3 is 2.81 bits per heavy atom. The van der Waals surface area contributed by atoms with Gasteiger partial charge in [0, 0.05) is 61.0 Å². The highest BCUT2D eigenvalue weighted by molar-refractivity contribution is 7.99. The molecule has 0 aliphatic carbocycles. The molecule has 31 heavy (non-hydrogen) atoms. The SMILES string of the molecule is C=C(Nc1ccn(C)n1)C(CC1CCOC1)c1ccc2c(c1)N(C)c1ccccc1S2. The Bertz CT molecular complexity index is 1100. The van der Waals surface area contributed by atoms with Crippen LogP contribution in [0.3, 0.4) is 0 Å². The summed E-state index contributed by atoms with van der Waals surface area (Å²) in [5.74, 6) is 1.57. The van der Waals surface area contributed by atoms with Crippen molar-refractivity contribution in [1.82, 2.24) is 9.78 Å². The van der Waals surface area contributed by atoms with Crippen molar-refractivity contribution in [3.8, 4) is 0 Å². The van der Waals surface area contributed by atoms with E-state index in [-0.39, 0.29) is 5.92 Å². The van der Waals surface area contributed by atoms with Crippen LogP contribution in [0.25, 0.3) is 0 Å². The van der Waals surface area contributed by atoms with Crippen molar-refractivity contribution < 1.29 is 4.74 Å². The number of nitrogens with one attached hydrogen (secondary N) is 1. The second-order valence-corrected chi connectivity index (χ2v) is 9.48. The maximum absolute atomic E-state index is 5.66. The molecular formula is C25H28N4OS. The number of benzene rings is 2. The summed E-state index contributed by atoms with van der Waals surface area (Å²) < 4.78 is 7.47. The summed E-state index contributed by atoms with van der Waals surface area (Å²) in [6.45, 7) is 6.12. The van der Waals surface area contributed by atoms with Gasteiger partial charge in [0.2, 0.25) is 0 Å². The fourth-order valence-corrected chi connectivity index (χ4v) is 5.61. The van der Waals surface area contributed by atoms with E-state index in [1.807, 2.05) is 31.1 Å². The average Bonchev–Trinajstić information content (AvgIpc) is 3.44. The lowest BCUT2D eigenvalue weighted by Gasteiger charge is -2.31. The molecular weight excluding hydrogens is 404 g/mol. The molecule has 1 aromatic heterocycles. The van der Waals surface area contributed by atoms with Crippen LogP contribution in [0.2, 0.25) is 0 Å². The number of allylic oxidation sites excluding steroid dienone is 1. The second kappa shape index (κ2) is 8.44. The first kappa shape index (κ1) is 20.2. The third-order valence-corrected chi connectivity index (χ3v) is 7.34. The zero-order valence-corrected chi connectivity index (χ0v) is 18.9. The highest BCUT2D eigenvalue weighted by Crippen LogP contribution is 2.48. The quantitative estimate of drug-likeness (QED) is 0.534. The van der Waals surface area contributed by atoms with Gasteiger partial charge in [-0.2, -0.15) is 5.10 Å². The van der Waals surface area contributed by atoms with E-state index in [0.29, 0.717) is 5.92 Å². The third-order valence-electron chi connectivity index (χ3n) is 6.21. The molecule has 160 valence electrons. The van der Waals surface area contributed by atoms with E-state index < -0.39 is 0 Å². The number of rotatable bonds is 6. The lowest BCUT2D eigenvalue weighted by molar-refractivity contribution is 0.183. The second-order valence-electron chi connectivity index (χ2n) is 8.40. The summed E-state index contributed by atoms with van der Waals surface area (Å²) in [7, 11) is 4.08. The molecule has 3 aromatic rings. The summed E-state index contributed by atoms with van der Waals surface area (Å²) in [5, 5.41) is 7.93. The molecule has 0 radical (unpaired) electrons. The minimum atomic E-state index is 0.189. The number of anilines is 3. The van der Waals surface area contributed by atoms with Crippen LogP contribution in [0.5, 0.6) is 0 Å². The lowest BCUT2D eigenvalue weighted by Crippen LogP contribution is -2.17. The highest BCUT2D eigenvalue weighted by atomic mass is 32.2. The summed E-state index contributed by atoms with van der Waals surface area (Å²) in [5.41, 5.74) is 4.77. The van der Waals surface area contributed by atoms with E-state index in [4.69, 9.17) is 4.74 Å². The van der Waals surface area contributed by atoms with Crippen LogP contribution in [-0.2, 0) is 11.8 Å². The zero-order chi connectivity index (χ0) is 21.4. The van der Waals surface area contributed by atoms with Gasteiger partial charge in [0.25, 0.3) is 0 Å². The van der Waals surface area contributed by atoms with E-state index >= 15 is 0 Å². The van der Waals surface area contributed by atoms with Crippen molar-refractivity contribution in [1.29, 1.82) is 0 Å². The van der Waals surface area contributed by atoms with Crippen LogP contribution in [0.1, 0.15) is 24.3 Å². The molecule has 2 aliphatic heterocycles. The van der Waals surface area contributed by atoms with Crippen molar-refractivity contribution in [2.45, 2.75) is 28.6 Å². The van der Waals surface area contributed by atoms with Crippen molar-refractivity contribution in [3.05, 3.63) is 72.6 Å². The van der Waals surface area contributed by atoms with Crippen molar-refractivity contribution >= 4 is 29.0 Å². The van der Waals surface area contributed by atoms with Gasteiger partial charge in [-0.3, -0.25) is 4.68 Å². The maximum Gasteiger partial charge on any atom is 0.152 e. The summed E-state index contributed by atoms with van der Waals surface area (Å²) in [4.78, 5) is 4.89. The van der Waals surface area contributed by atoms with E-state index in [2.05, 4.69) is 71.4 Å². The average molecular weight is 433 g/mol. The standard InChI is InChI=1S/C25H28N4OS/c1-17(26-25-10-12-28(2)27-25)20(14-18-11-13-30-16-18)19-8-9-24-22(15-19)29(3)21-6-4-5-7-23(21)31-24/h4-10,12,15,18,20H,1,11,13-14,16H2,2-3H3,(H,26,27). The fraction of sp³-hybridized carbons (Fsp3) is 0.320. The molecule has 3 heterocycles. The van der Waals surface area contributed by atoms with Crippen molar-refractivity contribution in [2.75, 3.05) is 30.5 Å². The molecule has 0 amide bonds. The Morgan fingerprint density at radius 1 is 1.19 bits per heavy atom. The van der Waals surface area contributed by atoms with Gasteiger partial charge in [-0.25, -0.2) is 0 Å². The molecule has 1 saturated heterocycles. The number of para-hydroxylation sites is 1. The molecule has 2 atom stereocenters. The third kappa shape index (κ3) is 4.10. The summed E-state index contributed by atoms with van der Waals surface area (Å²) >= 11 is 1.84. The predicted molar refractivity (Wildman–Crippen MR) is 127 cm³/mol. The molecule has 2 unspecified atom stereocenters. The zero-order valence-electron chi connectivity index (χ0n) is 18.0. The van der Waals surface area contributed by atoms with Gasteiger partial charge in [0.15, 0.2) is 5.82 Å². The molecule has 5 rings (SSSR count). The van der Waals surface area contributed by atoms with Crippen LogP contribution in [0, 0.1) is 5.92 Å². The first-order chi connectivity index (χ1) is 15.1. The predicted octanol–water partition coefficient (Wildman–Crippen LogP) is 5.79. The van der Waals surface area contributed by atoms with Crippen LogP contribution >= 0.6 is 11.8 Å². The van der Waals surface area contributed by atoms with Gasteiger partial charge in [0.05, 0.1) is 11.4 Å². The Hall–Kier alpha value is -2.70. The first-order valence-corrected chi connectivity index (χ1v) is 11.6. The Morgan fingerprint density at radius 2 is 2.03 bits per heavy atom. The van der Waals surface area contributed by atoms with Gasteiger partial charge in [-0.15, -0.1) is 0 Å². The normalized spacial score (nSPS) is 18.4. The van der Waals surface area contributed by atoms with Gasteiger partial charge >= 0.3 is 0 Å². The minimum Gasteiger partial charge on any atom is -0.381 e. The van der Waals surface area contributed by atoms with Gasteiger partial charge in [0.1, 0.15) is 0 Å². The number of aryl methyl sites for hydroxylation is 1. The van der Waals surface area contributed by atoms with Crippen LogP contribution in [0.15, 0.2) is 76.8 Å². The molecule has 5 nitrogen and oxygen atoms in total. The van der Waals surface area contributed by atoms with E-state index in [9.17, 15) is 0 Å². The number of ether oxygens (including phenoxy) is 1. The van der Waals surface area contributed by atoms with Crippen LogP contribution in [-0.4, -0.2) is 30.0 Å². The molecule has 1 fully saturated rings. The van der Waals surface area contributed by atoms with Crippen LogP contribution in [0.4, 0.5) is 17.2 Å². The van der Waals surface area contributed by atoms with Gasteiger partial charge in [-0.1, -0.05) is 36.5 Å². The lowest BCUT2D eigenvalue weighted by atomic mass is 9.86. The van der Waals surface area contributed by atoms with Crippen LogP contribution < -0.4 is 10.2 Å². The summed E-state index contributed by atoms with van der Waals surface area (Å²) in [6, 6.07) is 17.4. The Kier molecular flexibility index (Phi) is 5.50. The van der Waals surface area contributed by atoms with Gasteiger partial charge < -0.3 is 15.0 Å². The number of aromatic nitrogens is 2. The molecule has 2 aliphatic rings. The largest absolute Gasteiger partial charge is 0.381 e. The monoisotopic (exact) mass is 432 g/mol. The number of fused-ring (bicyclic) bond motifs is 2. The summed E-state index contributed by atoms with van der Waals surface area (Å²) in [6.07, 6.45) is 4.07. The van der Waals surface area contributed by atoms with E-state index in [1.165, 1.54) is 26.7 Å². The molecule has 6 heteroatoms. The van der Waals surface area contributed by atoms with E-state index in [0.717, 1.165) is 37.6 Å². The van der Waals surface area contributed by atoms with Crippen molar-refractivity contribution in [3.63, 3.8) is 0 Å². The minimum absolute atomic E-state index is 0.189. The Balaban J connectivity index is 1.46. The first-order valence-electron chi connectivity index (χ1n) is 10.8. The molecule has 0 saturated carbocycles. The molecule has 2 aromatic carbocycles. The maximum atomic E-state index is 5.66. The molecule has 0 bridgehead atoms. The number of hydrogen-bond donors (Lipinski definition) is 1. The number of nitrogens with zero attached hydrogens (tertiary/aromatic N) is 3.